The van der Waals surface area contributed by atoms with E-state index in [-0.39, 0.29) is 54.4 Å². The lowest BCUT2D eigenvalue weighted by Gasteiger charge is -2.31. The first-order valence-electron chi connectivity index (χ1n) is 13.7. The van der Waals surface area contributed by atoms with E-state index < -0.39 is 43.7 Å². The third-order valence-electron chi connectivity index (χ3n) is 6.94. The van der Waals surface area contributed by atoms with Crippen LogP contribution in [0.1, 0.15) is 47.8 Å². The molecule has 2 aromatic heterocycles. The maximum atomic E-state index is 13.3. The summed E-state index contributed by atoms with van der Waals surface area (Å²) >= 11 is 0.976. The van der Waals surface area contributed by atoms with Crippen molar-refractivity contribution < 1.29 is 41.9 Å². The third kappa shape index (κ3) is 7.07. The Kier molecular flexibility index (Phi) is 10.2. The minimum Gasteiger partial charge on any atom is -0.476 e. The van der Waals surface area contributed by atoms with Gasteiger partial charge in [0.25, 0.3) is 0 Å². The molecule has 6 atom stereocenters. The number of imidazole rings is 1. The number of anilines is 1. The number of carbonyl (C=O) groups is 2. The molecule has 0 aromatic carbocycles. The van der Waals surface area contributed by atoms with E-state index in [2.05, 4.69) is 15.0 Å². The number of rotatable bonds is 12. The predicted octanol–water partition coefficient (Wildman–Crippen LogP) is 2.69. The van der Waals surface area contributed by atoms with Crippen molar-refractivity contribution >= 4 is 47.8 Å². The Morgan fingerprint density at radius 2 is 2.05 bits per heavy atom. The molecule has 4 rings (SSSR count). The summed E-state index contributed by atoms with van der Waals surface area (Å²) in [4.78, 5) is 37.6. The Morgan fingerprint density at radius 1 is 1.31 bits per heavy atom. The van der Waals surface area contributed by atoms with Gasteiger partial charge in [-0.25, -0.2) is 9.55 Å². The number of nitrogens with two attached hydrogens (primary N) is 2. The van der Waals surface area contributed by atoms with E-state index in [0.29, 0.717) is 17.8 Å². The number of fused-ring (bicyclic) bond motifs is 2. The van der Waals surface area contributed by atoms with Gasteiger partial charge in [-0.2, -0.15) is 9.97 Å². The highest BCUT2D eigenvalue weighted by atomic mass is 32.2. The Balaban J connectivity index is 1.30. The highest BCUT2D eigenvalue weighted by molar-refractivity contribution is 8.13. The van der Waals surface area contributed by atoms with Gasteiger partial charge in [-0.15, -0.1) is 0 Å². The van der Waals surface area contributed by atoms with Crippen LogP contribution in [0.5, 0.6) is 5.88 Å². The second-order valence-electron chi connectivity index (χ2n) is 11.1. The minimum atomic E-state index is -3.92. The summed E-state index contributed by atoms with van der Waals surface area (Å²) < 4.78 is 48.8. The van der Waals surface area contributed by atoms with Crippen molar-refractivity contribution in [3.05, 3.63) is 6.33 Å². The molecule has 0 amide bonds. The highest BCUT2D eigenvalue weighted by Crippen LogP contribution is 2.58. The van der Waals surface area contributed by atoms with E-state index in [1.807, 2.05) is 27.7 Å². The van der Waals surface area contributed by atoms with E-state index in [1.54, 1.807) is 24.7 Å². The van der Waals surface area contributed by atoms with E-state index in [4.69, 9.17) is 39.2 Å². The van der Waals surface area contributed by atoms with Gasteiger partial charge in [0.15, 0.2) is 16.3 Å². The van der Waals surface area contributed by atoms with Crippen LogP contribution in [0.2, 0.25) is 0 Å². The molecule has 0 saturated carbocycles. The second-order valence-corrected chi connectivity index (χ2v) is 13.8. The van der Waals surface area contributed by atoms with E-state index in [1.165, 1.54) is 0 Å². The number of nitrogens with zero attached hydrogens (tertiary/aromatic N) is 4. The molecule has 42 heavy (non-hydrogen) atoms. The summed E-state index contributed by atoms with van der Waals surface area (Å²) in [5.41, 5.74) is 11.6. The standard InChI is InChI=1S/C25H39N6O9PS/c1-7-35-20-17-19(29-24(27)30-20)31(12-28-17)21-14(4)18-15(39-21)10-38-41(34,40-18)37-8-9-42-23(33)25(5,6)11-36-22(32)16(26)13(2)3/h12-16,18,21H,7-11,26H2,1-6H3,(H2,27,29,30). The molecule has 4 heterocycles. The molecular formula is C25H39N6O9PS. The zero-order valence-electron chi connectivity index (χ0n) is 24.6. The number of hydrogen-bond acceptors (Lipinski definition) is 15. The molecule has 2 aromatic rings. The van der Waals surface area contributed by atoms with Crippen LogP contribution in [0.4, 0.5) is 5.95 Å². The predicted molar refractivity (Wildman–Crippen MR) is 153 cm³/mol. The molecule has 6 unspecified atom stereocenters. The fraction of sp³-hybridized carbons (Fsp3) is 0.720. The molecule has 0 spiro atoms. The lowest BCUT2D eigenvalue weighted by Crippen LogP contribution is -2.39. The average Bonchev–Trinajstić information content (AvgIpc) is 3.49. The fourth-order valence-corrected chi connectivity index (χ4v) is 6.79. The topological polar surface area (TPSA) is 202 Å². The summed E-state index contributed by atoms with van der Waals surface area (Å²) in [5.74, 6) is -0.430. The Hall–Kier alpha value is -2.33. The normalized spacial score (nSPS) is 26.8. The summed E-state index contributed by atoms with van der Waals surface area (Å²) in [6.45, 7) is 10.9. The van der Waals surface area contributed by atoms with E-state index in [0.717, 1.165) is 11.8 Å². The molecule has 4 N–H and O–H groups in total. The van der Waals surface area contributed by atoms with Gasteiger partial charge in [0, 0.05) is 11.7 Å². The van der Waals surface area contributed by atoms with Gasteiger partial charge in [-0.05, 0) is 26.7 Å². The fourth-order valence-electron chi connectivity index (χ4n) is 4.40. The van der Waals surface area contributed by atoms with Crippen molar-refractivity contribution in [3.8, 4) is 5.88 Å². The number of carbonyl (C=O) groups excluding carboxylic acids is 2. The first kappa shape index (κ1) is 32.6. The molecule has 15 nitrogen and oxygen atoms in total. The molecule has 2 aliphatic rings. The minimum absolute atomic E-state index is 0.0142. The van der Waals surface area contributed by atoms with Gasteiger partial charge < -0.3 is 25.7 Å². The van der Waals surface area contributed by atoms with Gasteiger partial charge in [0.1, 0.15) is 31.1 Å². The number of nitrogen functional groups attached to an aromatic ring is 1. The monoisotopic (exact) mass is 630 g/mol. The molecule has 0 radical (unpaired) electrons. The van der Waals surface area contributed by atoms with Crippen LogP contribution in [0.25, 0.3) is 11.2 Å². The number of ether oxygens (including phenoxy) is 3. The first-order chi connectivity index (χ1) is 19.8. The highest BCUT2D eigenvalue weighted by Gasteiger charge is 2.52. The van der Waals surface area contributed by atoms with Crippen molar-refractivity contribution in [2.45, 2.75) is 66.0 Å². The molecule has 2 fully saturated rings. The number of hydrogen-bond donors (Lipinski definition) is 2. The molecule has 0 aliphatic carbocycles. The summed E-state index contributed by atoms with van der Waals surface area (Å²) in [7, 11) is -3.92. The van der Waals surface area contributed by atoms with Crippen LogP contribution in [0, 0.1) is 17.3 Å². The number of phosphoric ester groups is 1. The Labute approximate surface area is 248 Å². The van der Waals surface area contributed by atoms with Crippen LogP contribution in [0.3, 0.4) is 0 Å². The van der Waals surface area contributed by atoms with Crippen molar-refractivity contribution in [3.63, 3.8) is 0 Å². The largest absolute Gasteiger partial charge is 0.476 e. The number of thioether (sulfide) groups is 1. The maximum absolute atomic E-state index is 13.3. The molecule has 2 saturated heterocycles. The van der Waals surface area contributed by atoms with Crippen molar-refractivity contribution in [2.75, 3.05) is 37.9 Å². The zero-order chi connectivity index (χ0) is 30.8. The first-order valence-corrected chi connectivity index (χ1v) is 16.2. The van der Waals surface area contributed by atoms with E-state index >= 15 is 0 Å². The van der Waals surface area contributed by atoms with Gasteiger partial charge in [-0.3, -0.25) is 27.7 Å². The number of phosphoric acid groups is 1. The Morgan fingerprint density at radius 3 is 2.74 bits per heavy atom. The lowest BCUT2D eigenvalue weighted by molar-refractivity contribution is -0.150. The molecule has 234 valence electrons. The smallest absolute Gasteiger partial charge is 0.475 e. The Bertz CT molecular complexity index is 1340. The van der Waals surface area contributed by atoms with Crippen molar-refractivity contribution in [2.24, 2.45) is 23.0 Å². The van der Waals surface area contributed by atoms with Crippen LogP contribution >= 0.6 is 19.6 Å². The summed E-state index contributed by atoms with van der Waals surface area (Å²) in [6.07, 6.45) is -0.116. The summed E-state index contributed by atoms with van der Waals surface area (Å²) in [6, 6.07) is -0.757. The maximum Gasteiger partial charge on any atom is 0.475 e. The number of esters is 1. The summed E-state index contributed by atoms with van der Waals surface area (Å²) in [5, 5.41) is -0.217. The van der Waals surface area contributed by atoms with Crippen molar-refractivity contribution in [1.82, 2.24) is 19.5 Å². The molecule has 2 aliphatic heterocycles. The lowest BCUT2D eigenvalue weighted by atomic mass is 9.97. The van der Waals surface area contributed by atoms with Gasteiger partial charge in [0.2, 0.25) is 11.8 Å². The molecule has 17 heteroatoms. The quantitative estimate of drug-likeness (QED) is 0.197. The third-order valence-corrected chi connectivity index (χ3v) is 9.59. The van der Waals surface area contributed by atoms with Crippen LogP contribution in [0.15, 0.2) is 6.33 Å². The molecular weight excluding hydrogens is 591 g/mol. The van der Waals surface area contributed by atoms with Gasteiger partial charge in [0.05, 0.1) is 31.6 Å². The van der Waals surface area contributed by atoms with Crippen LogP contribution in [-0.4, -0.2) is 81.0 Å². The molecule has 0 bridgehead atoms. The van der Waals surface area contributed by atoms with Gasteiger partial charge in [-0.1, -0.05) is 32.5 Å². The van der Waals surface area contributed by atoms with Crippen LogP contribution in [-0.2, 0) is 37.2 Å². The number of aromatic nitrogens is 4. The SMILES string of the molecule is CCOc1nc(N)nc2c1ncn2C1OC2COP(=O)(OCCSC(=O)C(C)(C)COC(=O)C(N)C(C)C)OC2C1C. The zero-order valence-corrected chi connectivity index (χ0v) is 26.3. The average molecular weight is 631 g/mol. The van der Waals surface area contributed by atoms with E-state index in [9.17, 15) is 14.2 Å². The van der Waals surface area contributed by atoms with Crippen molar-refractivity contribution in [1.29, 1.82) is 0 Å². The van der Waals surface area contributed by atoms with Gasteiger partial charge >= 0.3 is 13.8 Å². The van der Waals surface area contributed by atoms with Crippen LogP contribution < -0.4 is 16.2 Å². The second kappa shape index (κ2) is 13.1.